The van der Waals surface area contributed by atoms with Crippen molar-refractivity contribution in [1.82, 2.24) is 0 Å². The van der Waals surface area contributed by atoms with Gasteiger partial charge in [-0.05, 0) is 12.1 Å². The van der Waals surface area contributed by atoms with Gasteiger partial charge in [0.15, 0.2) is 0 Å². The number of hydrogen-bond acceptors (Lipinski definition) is 4. The normalized spacial score (nSPS) is 9.16. The van der Waals surface area contributed by atoms with Crippen molar-refractivity contribution in [2.24, 2.45) is 0 Å². The van der Waals surface area contributed by atoms with Crippen LogP contribution in [0.1, 0.15) is 12.5 Å². The van der Waals surface area contributed by atoms with Gasteiger partial charge >= 0.3 is 5.97 Å². The molecule has 0 aromatic heterocycles. The van der Waals surface area contributed by atoms with Crippen LogP contribution < -0.4 is 4.74 Å². The van der Waals surface area contributed by atoms with Crippen LogP contribution in [0.5, 0.6) is 5.75 Å². The van der Waals surface area contributed by atoms with Crippen molar-refractivity contribution in [2.45, 2.75) is 6.92 Å². The summed E-state index contributed by atoms with van der Waals surface area (Å²) in [6, 6.07) is 7.38. The minimum absolute atomic E-state index is 0.462. The fourth-order valence-corrected chi connectivity index (χ4v) is 1.08. The number of methoxy groups -OCH3 is 1. The smallest absolute Gasteiger partial charge is 0.335 e. The minimum atomic E-state index is -0.833. The highest BCUT2D eigenvalue weighted by molar-refractivity contribution is 5.87. The lowest BCUT2D eigenvalue weighted by molar-refractivity contribution is -0.134. The Morgan fingerprint density at radius 2 is 1.89 bits per heavy atom. The second-order valence-corrected chi connectivity index (χ2v) is 3.20. The van der Waals surface area contributed by atoms with Crippen LogP contribution in [0.2, 0.25) is 0 Å². The van der Waals surface area contributed by atoms with Gasteiger partial charge < -0.3 is 14.6 Å². The first-order valence-corrected chi connectivity index (χ1v) is 5.33. The molecule has 1 aromatic carbocycles. The molecule has 102 valence electrons. The van der Waals surface area contributed by atoms with Crippen LogP contribution in [-0.2, 0) is 14.3 Å². The number of benzene rings is 1. The van der Waals surface area contributed by atoms with E-state index in [0.717, 1.165) is 18.7 Å². The van der Waals surface area contributed by atoms with E-state index in [1.165, 1.54) is 6.08 Å². The van der Waals surface area contributed by atoms with Gasteiger partial charge in [-0.1, -0.05) is 24.8 Å². The number of esters is 1. The van der Waals surface area contributed by atoms with Crippen molar-refractivity contribution in [1.29, 1.82) is 0 Å². The Morgan fingerprint density at radius 3 is 2.42 bits per heavy atom. The lowest BCUT2D eigenvalue weighted by Gasteiger charge is -2.02. The fraction of sp³-hybridized carbons (Fsp3) is 0.143. The Hall–Kier alpha value is -2.56. The van der Waals surface area contributed by atoms with Crippen LogP contribution >= 0.6 is 0 Å². The Kier molecular flexibility index (Phi) is 8.19. The molecule has 0 aliphatic carbocycles. The maximum absolute atomic E-state index is 11.0. The van der Waals surface area contributed by atoms with Gasteiger partial charge in [0, 0.05) is 18.6 Å². The van der Waals surface area contributed by atoms with Crippen molar-refractivity contribution in [2.75, 3.05) is 7.11 Å². The summed E-state index contributed by atoms with van der Waals surface area (Å²) >= 11 is 0. The van der Waals surface area contributed by atoms with E-state index in [1.807, 2.05) is 24.3 Å². The molecule has 0 spiro atoms. The number of ether oxygens (including phenoxy) is 2. The lowest BCUT2D eigenvalue weighted by atomic mass is 10.2. The maximum Gasteiger partial charge on any atom is 0.335 e. The van der Waals surface area contributed by atoms with E-state index in [4.69, 9.17) is 14.6 Å². The molecule has 0 amide bonds. The summed E-state index contributed by atoms with van der Waals surface area (Å²) in [5.74, 6) is -0.587. The Morgan fingerprint density at radius 1 is 1.32 bits per heavy atom. The summed E-state index contributed by atoms with van der Waals surface area (Å²) in [5.41, 5.74) is 0.820. The van der Waals surface area contributed by atoms with Crippen molar-refractivity contribution in [3.8, 4) is 5.75 Å². The maximum atomic E-state index is 11.0. The van der Waals surface area contributed by atoms with Crippen molar-refractivity contribution >= 4 is 18.0 Å². The second-order valence-electron chi connectivity index (χ2n) is 3.20. The van der Waals surface area contributed by atoms with Crippen LogP contribution in [-0.4, -0.2) is 24.2 Å². The Labute approximate surface area is 111 Å². The van der Waals surface area contributed by atoms with Gasteiger partial charge in [0.05, 0.1) is 13.4 Å². The van der Waals surface area contributed by atoms with E-state index in [0.29, 0.717) is 5.75 Å². The van der Waals surface area contributed by atoms with Crippen LogP contribution in [0.3, 0.4) is 0 Å². The van der Waals surface area contributed by atoms with Crippen molar-refractivity contribution < 1.29 is 24.2 Å². The standard InChI is InChI=1S/C12H12O3.C2H4O2/c1-3-15-12(13)9-8-10-6-4-5-7-11(10)14-2;1-2(3)4/h3-9H,1H2,2H3;1H3,(H,3,4)/b9-8+;. The number of rotatable bonds is 4. The topological polar surface area (TPSA) is 72.8 Å². The number of carboxylic acids is 1. The third kappa shape index (κ3) is 8.20. The van der Waals surface area contributed by atoms with E-state index in [9.17, 15) is 4.79 Å². The molecule has 0 bridgehead atoms. The van der Waals surface area contributed by atoms with E-state index >= 15 is 0 Å². The van der Waals surface area contributed by atoms with E-state index in [2.05, 4.69) is 11.3 Å². The van der Waals surface area contributed by atoms with Crippen molar-refractivity contribution in [3.05, 3.63) is 48.7 Å². The molecule has 5 nitrogen and oxygen atoms in total. The highest BCUT2D eigenvalue weighted by Crippen LogP contribution is 2.18. The average molecular weight is 264 g/mol. The number of hydrogen-bond donors (Lipinski definition) is 1. The summed E-state index contributed by atoms with van der Waals surface area (Å²) in [5, 5.41) is 7.42. The predicted octanol–water partition coefficient (Wildman–Crippen LogP) is 2.49. The third-order valence-corrected chi connectivity index (χ3v) is 1.74. The van der Waals surface area contributed by atoms with E-state index in [1.54, 1.807) is 13.2 Å². The molecule has 1 N–H and O–H groups in total. The molecule has 0 fully saturated rings. The molecule has 5 heteroatoms. The highest BCUT2D eigenvalue weighted by Gasteiger charge is 1.98. The quantitative estimate of drug-likeness (QED) is 0.514. The zero-order valence-electron chi connectivity index (χ0n) is 10.8. The predicted molar refractivity (Wildman–Crippen MR) is 71.6 cm³/mol. The molecule has 0 atom stereocenters. The number of aliphatic carboxylic acids is 1. The number of carbonyl (C=O) groups excluding carboxylic acids is 1. The molecule has 0 unspecified atom stereocenters. The van der Waals surface area contributed by atoms with Gasteiger partial charge in [0.25, 0.3) is 5.97 Å². The van der Waals surface area contributed by atoms with Gasteiger partial charge in [-0.15, -0.1) is 0 Å². The lowest BCUT2D eigenvalue weighted by Crippen LogP contribution is -1.93. The van der Waals surface area contributed by atoms with Gasteiger partial charge in [-0.2, -0.15) is 0 Å². The highest BCUT2D eigenvalue weighted by atomic mass is 16.5. The fourth-order valence-electron chi connectivity index (χ4n) is 1.08. The molecule has 0 radical (unpaired) electrons. The van der Waals surface area contributed by atoms with Gasteiger partial charge in [-0.3, -0.25) is 4.79 Å². The van der Waals surface area contributed by atoms with Crippen LogP contribution in [0.4, 0.5) is 0 Å². The number of para-hydroxylation sites is 1. The molecule has 1 aromatic rings. The van der Waals surface area contributed by atoms with Gasteiger partial charge in [-0.25, -0.2) is 4.79 Å². The largest absolute Gasteiger partial charge is 0.496 e. The molecular formula is C14H16O5. The Balaban J connectivity index is 0.000000711. The summed E-state index contributed by atoms with van der Waals surface area (Å²) in [6.07, 6.45) is 4.04. The molecule has 0 saturated heterocycles. The molecule has 1 rings (SSSR count). The summed E-state index contributed by atoms with van der Waals surface area (Å²) in [4.78, 5) is 20.0. The zero-order chi connectivity index (χ0) is 14.7. The number of carbonyl (C=O) groups is 2. The summed E-state index contributed by atoms with van der Waals surface area (Å²) < 4.78 is 9.65. The SMILES string of the molecule is C=COC(=O)/C=C/c1ccccc1OC.CC(=O)O. The molecule has 0 aliphatic rings. The molecular weight excluding hydrogens is 248 g/mol. The van der Waals surface area contributed by atoms with Crippen molar-refractivity contribution in [3.63, 3.8) is 0 Å². The van der Waals surface area contributed by atoms with E-state index < -0.39 is 11.9 Å². The average Bonchev–Trinajstić information content (AvgIpc) is 2.36. The van der Waals surface area contributed by atoms with Gasteiger partial charge in [0.2, 0.25) is 0 Å². The molecule has 0 saturated carbocycles. The minimum Gasteiger partial charge on any atom is -0.496 e. The monoisotopic (exact) mass is 264 g/mol. The Bertz CT molecular complexity index is 459. The van der Waals surface area contributed by atoms with Crippen LogP contribution in [0.25, 0.3) is 6.08 Å². The molecule has 0 heterocycles. The first-order valence-electron chi connectivity index (χ1n) is 5.33. The zero-order valence-corrected chi connectivity index (χ0v) is 10.8. The van der Waals surface area contributed by atoms with Gasteiger partial charge in [0.1, 0.15) is 5.75 Å². The molecule has 0 aliphatic heterocycles. The first-order chi connectivity index (χ1) is 9.01. The van der Waals surface area contributed by atoms with Crippen LogP contribution in [0.15, 0.2) is 43.2 Å². The number of carboxylic acid groups (broad SMARTS) is 1. The second kappa shape index (κ2) is 9.47. The van der Waals surface area contributed by atoms with E-state index in [-0.39, 0.29) is 0 Å². The first kappa shape index (κ1) is 16.4. The summed E-state index contributed by atoms with van der Waals surface area (Å²) in [7, 11) is 1.58. The summed E-state index contributed by atoms with van der Waals surface area (Å²) in [6.45, 7) is 4.37. The van der Waals surface area contributed by atoms with Crippen LogP contribution in [0, 0.1) is 0 Å². The third-order valence-electron chi connectivity index (χ3n) is 1.74. The molecule has 19 heavy (non-hydrogen) atoms.